The number of carbonyl (C=O) groups is 2. The van der Waals surface area contributed by atoms with Gasteiger partial charge in [0, 0.05) is 30.1 Å². The van der Waals surface area contributed by atoms with E-state index in [-0.39, 0.29) is 30.5 Å². The highest BCUT2D eigenvalue weighted by molar-refractivity contribution is 9.10. The van der Waals surface area contributed by atoms with Crippen molar-refractivity contribution < 1.29 is 14.5 Å². The van der Waals surface area contributed by atoms with Crippen molar-refractivity contribution in [2.75, 3.05) is 7.05 Å². The first-order chi connectivity index (χ1) is 12.8. The Labute approximate surface area is 165 Å². The van der Waals surface area contributed by atoms with Crippen LogP contribution in [0.15, 0.2) is 53.0 Å². The molecule has 0 aromatic heterocycles. The predicted molar refractivity (Wildman–Crippen MR) is 105 cm³/mol. The summed E-state index contributed by atoms with van der Waals surface area (Å²) in [6.45, 7) is 1.51. The van der Waals surface area contributed by atoms with Crippen molar-refractivity contribution in [3.8, 4) is 0 Å². The molecule has 0 aliphatic rings. The number of nitrogens with one attached hydrogen (secondary N) is 1. The number of amides is 2. The molecule has 0 saturated heterocycles. The standard InChI is InChI=1S/C19H20BrN3O4/c1-13(24)21-17(14-7-9-16(20)10-8-14)11-19(25)22(2)12-15-5-3-4-6-18(15)23(26)27/h3-10,17H,11-12H2,1-2H3,(H,21,24). The summed E-state index contributed by atoms with van der Waals surface area (Å²) in [5.41, 5.74) is 1.24. The number of rotatable bonds is 7. The third-order valence-electron chi connectivity index (χ3n) is 4.05. The second-order valence-corrected chi connectivity index (χ2v) is 7.06. The lowest BCUT2D eigenvalue weighted by Crippen LogP contribution is -2.33. The first kappa shape index (κ1) is 20.6. The fourth-order valence-electron chi connectivity index (χ4n) is 2.69. The molecule has 1 atom stereocenters. The van der Waals surface area contributed by atoms with Gasteiger partial charge in [0.2, 0.25) is 11.8 Å². The van der Waals surface area contributed by atoms with Crippen LogP contribution >= 0.6 is 15.9 Å². The third-order valence-corrected chi connectivity index (χ3v) is 4.58. The largest absolute Gasteiger partial charge is 0.349 e. The SMILES string of the molecule is CC(=O)NC(CC(=O)N(C)Cc1ccccc1[N+](=O)[O-])c1ccc(Br)cc1. The van der Waals surface area contributed by atoms with E-state index in [1.165, 1.54) is 17.9 Å². The minimum absolute atomic E-state index is 0.0246. The van der Waals surface area contributed by atoms with E-state index in [0.29, 0.717) is 5.56 Å². The summed E-state index contributed by atoms with van der Waals surface area (Å²) in [7, 11) is 1.59. The van der Waals surface area contributed by atoms with Gasteiger partial charge in [0.05, 0.1) is 23.9 Å². The number of nitro benzene ring substituents is 1. The Morgan fingerprint density at radius 1 is 1.19 bits per heavy atom. The van der Waals surface area contributed by atoms with Crippen LogP contribution in [0.5, 0.6) is 0 Å². The maximum Gasteiger partial charge on any atom is 0.274 e. The van der Waals surface area contributed by atoms with Gasteiger partial charge in [-0.1, -0.05) is 46.3 Å². The van der Waals surface area contributed by atoms with Gasteiger partial charge in [0.25, 0.3) is 5.69 Å². The van der Waals surface area contributed by atoms with Crippen LogP contribution in [0.25, 0.3) is 0 Å². The van der Waals surface area contributed by atoms with Crippen LogP contribution in [0.2, 0.25) is 0 Å². The molecule has 0 aliphatic carbocycles. The van der Waals surface area contributed by atoms with Gasteiger partial charge in [-0.15, -0.1) is 0 Å². The van der Waals surface area contributed by atoms with E-state index in [9.17, 15) is 19.7 Å². The molecule has 7 nitrogen and oxygen atoms in total. The highest BCUT2D eigenvalue weighted by Gasteiger charge is 2.21. The fraction of sp³-hybridized carbons (Fsp3) is 0.263. The highest BCUT2D eigenvalue weighted by Crippen LogP contribution is 2.23. The Morgan fingerprint density at radius 2 is 1.81 bits per heavy atom. The number of halogens is 1. The normalized spacial score (nSPS) is 11.5. The van der Waals surface area contributed by atoms with Gasteiger partial charge in [0.15, 0.2) is 0 Å². The van der Waals surface area contributed by atoms with Gasteiger partial charge in [0.1, 0.15) is 0 Å². The number of para-hydroxylation sites is 1. The van der Waals surface area contributed by atoms with E-state index in [1.807, 2.05) is 24.3 Å². The van der Waals surface area contributed by atoms with E-state index in [4.69, 9.17) is 0 Å². The summed E-state index contributed by atoms with van der Waals surface area (Å²) in [5, 5.41) is 13.9. The molecule has 1 unspecified atom stereocenters. The minimum Gasteiger partial charge on any atom is -0.349 e. The van der Waals surface area contributed by atoms with Gasteiger partial charge in [-0.3, -0.25) is 19.7 Å². The van der Waals surface area contributed by atoms with Crippen LogP contribution in [0, 0.1) is 10.1 Å². The molecule has 2 amide bonds. The monoisotopic (exact) mass is 433 g/mol. The molecule has 0 saturated carbocycles. The molecule has 1 N–H and O–H groups in total. The summed E-state index contributed by atoms with van der Waals surface area (Å²) in [6.07, 6.45) is 0.0539. The Bertz CT molecular complexity index is 839. The van der Waals surface area contributed by atoms with Crippen LogP contribution in [0.4, 0.5) is 5.69 Å². The van der Waals surface area contributed by atoms with Crippen molar-refractivity contribution in [2.45, 2.75) is 25.9 Å². The van der Waals surface area contributed by atoms with Gasteiger partial charge < -0.3 is 10.2 Å². The summed E-state index contributed by atoms with van der Waals surface area (Å²) >= 11 is 3.36. The summed E-state index contributed by atoms with van der Waals surface area (Å²) < 4.78 is 0.896. The number of hydrogen-bond acceptors (Lipinski definition) is 4. The number of nitrogens with zero attached hydrogens (tertiary/aromatic N) is 2. The van der Waals surface area contributed by atoms with Crippen molar-refractivity contribution in [3.05, 3.63) is 74.2 Å². The Balaban J connectivity index is 2.13. The number of carbonyl (C=O) groups excluding carboxylic acids is 2. The summed E-state index contributed by atoms with van der Waals surface area (Å²) in [6, 6.07) is 13.2. The second kappa shape index (κ2) is 9.27. The molecule has 8 heteroatoms. The lowest BCUT2D eigenvalue weighted by molar-refractivity contribution is -0.385. The molecule has 142 valence electrons. The van der Waals surface area contributed by atoms with Gasteiger partial charge in [-0.25, -0.2) is 0 Å². The molecule has 0 radical (unpaired) electrons. The molecule has 2 aromatic rings. The van der Waals surface area contributed by atoms with Gasteiger partial charge in [-0.2, -0.15) is 0 Å². The zero-order chi connectivity index (χ0) is 20.0. The first-order valence-corrected chi connectivity index (χ1v) is 9.06. The smallest absolute Gasteiger partial charge is 0.274 e. The average molecular weight is 434 g/mol. The van der Waals surface area contributed by atoms with Crippen LogP contribution in [-0.4, -0.2) is 28.7 Å². The van der Waals surface area contributed by atoms with E-state index in [0.717, 1.165) is 10.0 Å². The zero-order valence-electron chi connectivity index (χ0n) is 15.0. The van der Waals surface area contributed by atoms with Crippen molar-refractivity contribution in [3.63, 3.8) is 0 Å². The number of hydrogen-bond donors (Lipinski definition) is 1. The third kappa shape index (κ3) is 5.89. The topological polar surface area (TPSA) is 92.6 Å². The van der Waals surface area contributed by atoms with Crippen LogP contribution in [0.1, 0.15) is 30.5 Å². The van der Waals surface area contributed by atoms with Crippen molar-refractivity contribution in [1.82, 2.24) is 10.2 Å². The van der Waals surface area contributed by atoms with Gasteiger partial charge >= 0.3 is 0 Å². The lowest BCUT2D eigenvalue weighted by Gasteiger charge is -2.22. The van der Waals surface area contributed by atoms with Crippen LogP contribution in [0.3, 0.4) is 0 Å². The zero-order valence-corrected chi connectivity index (χ0v) is 16.6. The van der Waals surface area contributed by atoms with E-state index < -0.39 is 11.0 Å². The van der Waals surface area contributed by atoms with Crippen molar-refractivity contribution >= 4 is 33.4 Å². The summed E-state index contributed by atoms with van der Waals surface area (Å²) in [5.74, 6) is -0.466. The Hall–Kier alpha value is -2.74. The molecular weight excluding hydrogens is 414 g/mol. The van der Waals surface area contributed by atoms with E-state index in [2.05, 4.69) is 21.2 Å². The fourth-order valence-corrected chi connectivity index (χ4v) is 2.95. The second-order valence-electron chi connectivity index (χ2n) is 6.14. The summed E-state index contributed by atoms with van der Waals surface area (Å²) in [4.78, 5) is 36.3. The molecule has 0 spiro atoms. The van der Waals surface area contributed by atoms with E-state index in [1.54, 1.807) is 25.2 Å². The first-order valence-electron chi connectivity index (χ1n) is 8.26. The molecular formula is C19H20BrN3O4. The Morgan fingerprint density at radius 3 is 2.41 bits per heavy atom. The Kier molecular flexibility index (Phi) is 7.06. The van der Waals surface area contributed by atoms with Gasteiger partial charge in [-0.05, 0) is 17.7 Å². The van der Waals surface area contributed by atoms with Crippen LogP contribution < -0.4 is 5.32 Å². The minimum atomic E-state index is -0.476. The number of nitro groups is 1. The number of benzene rings is 2. The predicted octanol–water partition coefficient (Wildman–Crippen LogP) is 3.58. The van der Waals surface area contributed by atoms with Crippen molar-refractivity contribution in [2.24, 2.45) is 0 Å². The molecule has 0 aliphatic heterocycles. The quantitative estimate of drug-likeness (QED) is 0.533. The molecule has 0 fully saturated rings. The molecule has 0 bridgehead atoms. The molecule has 2 rings (SSSR count). The molecule has 27 heavy (non-hydrogen) atoms. The molecule has 2 aromatic carbocycles. The molecule has 0 heterocycles. The lowest BCUT2D eigenvalue weighted by atomic mass is 10.0. The van der Waals surface area contributed by atoms with Crippen LogP contribution in [-0.2, 0) is 16.1 Å². The maximum atomic E-state index is 12.7. The van der Waals surface area contributed by atoms with Crippen molar-refractivity contribution in [1.29, 1.82) is 0 Å². The average Bonchev–Trinajstić information content (AvgIpc) is 2.61. The van der Waals surface area contributed by atoms with E-state index >= 15 is 0 Å². The highest BCUT2D eigenvalue weighted by atomic mass is 79.9. The maximum absolute atomic E-state index is 12.7.